The highest BCUT2D eigenvalue weighted by atomic mass is 35.5. The van der Waals surface area contributed by atoms with Gasteiger partial charge in [0.05, 0.1) is 5.02 Å². The molecular formula is C19H17ClN2O2S. The number of hydrogen-bond acceptors (Lipinski definition) is 3. The molecule has 0 spiro atoms. The zero-order valence-corrected chi connectivity index (χ0v) is 15.4. The lowest BCUT2D eigenvalue weighted by Gasteiger charge is -2.10. The van der Waals surface area contributed by atoms with Crippen molar-refractivity contribution in [2.24, 2.45) is 0 Å². The second kappa shape index (κ2) is 7.25. The zero-order valence-electron chi connectivity index (χ0n) is 13.8. The van der Waals surface area contributed by atoms with Crippen LogP contribution < -0.4 is 10.6 Å². The summed E-state index contributed by atoms with van der Waals surface area (Å²) < 4.78 is 0.961. The average Bonchev–Trinajstić information content (AvgIpc) is 2.92. The molecular weight excluding hydrogens is 356 g/mol. The first kappa shape index (κ1) is 17.5. The highest BCUT2D eigenvalue weighted by Gasteiger charge is 2.17. The van der Waals surface area contributed by atoms with Crippen molar-refractivity contribution >= 4 is 50.5 Å². The van der Waals surface area contributed by atoms with Gasteiger partial charge in [0.25, 0.3) is 11.8 Å². The minimum atomic E-state index is -0.285. The third-order valence-corrected chi connectivity index (χ3v) is 5.22. The SMILES string of the molecule is CC(C)NC(=O)c1cccc(NC(=O)c2sc3ccccc3c2Cl)c1. The van der Waals surface area contributed by atoms with Crippen molar-refractivity contribution in [1.82, 2.24) is 5.32 Å². The van der Waals surface area contributed by atoms with E-state index >= 15 is 0 Å². The van der Waals surface area contributed by atoms with Gasteiger partial charge in [-0.3, -0.25) is 9.59 Å². The molecule has 0 saturated heterocycles. The van der Waals surface area contributed by atoms with Gasteiger partial charge in [-0.15, -0.1) is 11.3 Å². The average molecular weight is 373 g/mol. The summed E-state index contributed by atoms with van der Waals surface area (Å²) in [6.07, 6.45) is 0. The molecule has 3 aromatic rings. The summed E-state index contributed by atoms with van der Waals surface area (Å²) in [4.78, 5) is 25.1. The Morgan fingerprint density at radius 1 is 1.04 bits per heavy atom. The van der Waals surface area contributed by atoms with E-state index in [1.165, 1.54) is 11.3 Å². The summed E-state index contributed by atoms with van der Waals surface area (Å²) in [6.45, 7) is 3.79. The van der Waals surface area contributed by atoms with Gasteiger partial charge in [-0.05, 0) is 38.1 Å². The molecule has 2 amide bonds. The summed E-state index contributed by atoms with van der Waals surface area (Å²) in [5.74, 6) is -0.460. The van der Waals surface area contributed by atoms with Crippen LogP contribution in [0.1, 0.15) is 33.9 Å². The number of hydrogen-bond donors (Lipinski definition) is 2. The fraction of sp³-hybridized carbons (Fsp3) is 0.158. The van der Waals surface area contributed by atoms with E-state index in [9.17, 15) is 9.59 Å². The largest absolute Gasteiger partial charge is 0.350 e. The molecule has 2 aromatic carbocycles. The quantitative estimate of drug-likeness (QED) is 0.681. The molecule has 25 heavy (non-hydrogen) atoms. The molecule has 4 nitrogen and oxygen atoms in total. The van der Waals surface area contributed by atoms with E-state index in [0.717, 1.165) is 10.1 Å². The van der Waals surface area contributed by atoms with Crippen molar-refractivity contribution in [2.75, 3.05) is 5.32 Å². The van der Waals surface area contributed by atoms with Crippen molar-refractivity contribution in [2.45, 2.75) is 19.9 Å². The van der Waals surface area contributed by atoms with Crippen molar-refractivity contribution in [1.29, 1.82) is 0 Å². The molecule has 0 aliphatic carbocycles. The number of carbonyl (C=O) groups excluding carboxylic acids is 2. The molecule has 0 atom stereocenters. The molecule has 3 rings (SSSR count). The van der Waals surface area contributed by atoms with Crippen LogP contribution in [0.25, 0.3) is 10.1 Å². The molecule has 0 aliphatic heterocycles. The fourth-order valence-corrected chi connectivity index (χ4v) is 3.84. The summed E-state index contributed by atoms with van der Waals surface area (Å²) in [5.41, 5.74) is 1.05. The maximum absolute atomic E-state index is 12.6. The van der Waals surface area contributed by atoms with E-state index in [4.69, 9.17) is 11.6 Å². The van der Waals surface area contributed by atoms with Crippen molar-refractivity contribution in [3.8, 4) is 0 Å². The second-order valence-corrected chi connectivity index (χ2v) is 7.33. The smallest absolute Gasteiger partial charge is 0.267 e. The number of fused-ring (bicyclic) bond motifs is 1. The number of amides is 2. The van der Waals surface area contributed by atoms with Crippen LogP contribution in [0.3, 0.4) is 0 Å². The predicted octanol–water partition coefficient (Wildman–Crippen LogP) is 4.95. The second-order valence-electron chi connectivity index (χ2n) is 5.90. The Kier molecular flexibility index (Phi) is 5.06. The zero-order chi connectivity index (χ0) is 18.0. The van der Waals surface area contributed by atoms with Crippen molar-refractivity contribution < 1.29 is 9.59 Å². The Morgan fingerprint density at radius 3 is 2.52 bits per heavy atom. The van der Waals surface area contributed by atoms with E-state index in [1.807, 2.05) is 38.1 Å². The Balaban J connectivity index is 1.83. The van der Waals surface area contributed by atoms with Crippen LogP contribution in [0, 0.1) is 0 Å². The number of halogens is 1. The number of thiophene rings is 1. The standard InChI is InChI=1S/C19H17ClN2O2S/c1-11(2)21-18(23)12-6-5-7-13(10-12)22-19(24)17-16(20)14-8-3-4-9-15(14)25-17/h3-11H,1-2H3,(H,21,23)(H,22,24). The van der Waals surface area contributed by atoms with E-state index in [0.29, 0.717) is 21.2 Å². The molecule has 128 valence electrons. The lowest BCUT2D eigenvalue weighted by atomic mass is 10.1. The Labute approximate surface area is 154 Å². The van der Waals surface area contributed by atoms with Gasteiger partial charge in [0.15, 0.2) is 0 Å². The third-order valence-electron chi connectivity index (χ3n) is 3.54. The lowest BCUT2D eigenvalue weighted by molar-refractivity contribution is 0.0942. The molecule has 0 bridgehead atoms. The maximum Gasteiger partial charge on any atom is 0.267 e. The normalized spacial score (nSPS) is 10.9. The van der Waals surface area contributed by atoms with Crippen LogP contribution >= 0.6 is 22.9 Å². The number of rotatable bonds is 4. The highest BCUT2D eigenvalue weighted by molar-refractivity contribution is 7.21. The first-order valence-corrected chi connectivity index (χ1v) is 9.04. The first-order valence-electron chi connectivity index (χ1n) is 7.85. The lowest BCUT2D eigenvalue weighted by Crippen LogP contribution is -2.30. The Morgan fingerprint density at radius 2 is 1.80 bits per heavy atom. The number of benzene rings is 2. The van der Waals surface area contributed by atoms with Crippen LogP contribution in [0.2, 0.25) is 5.02 Å². The van der Waals surface area contributed by atoms with Crippen molar-refractivity contribution in [3.05, 3.63) is 64.0 Å². The number of nitrogens with one attached hydrogen (secondary N) is 2. The van der Waals surface area contributed by atoms with Crippen LogP contribution in [0.5, 0.6) is 0 Å². The Bertz CT molecular complexity index is 950. The molecule has 2 N–H and O–H groups in total. The molecule has 1 aromatic heterocycles. The van der Waals surface area contributed by atoms with E-state index in [-0.39, 0.29) is 17.9 Å². The van der Waals surface area contributed by atoms with Crippen LogP contribution in [-0.4, -0.2) is 17.9 Å². The van der Waals surface area contributed by atoms with Gasteiger partial charge in [-0.2, -0.15) is 0 Å². The monoisotopic (exact) mass is 372 g/mol. The van der Waals surface area contributed by atoms with Crippen LogP contribution in [0.15, 0.2) is 48.5 Å². The van der Waals surface area contributed by atoms with E-state index in [2.05, 4.69) is 10.6 Å². The van der Waals surface area contributed by atoms with Crippen LogP contribution in [-0.2, 0) is 0 Å². The van der Waals surface area contributed by atoms with Gasteiger partial charge < -0.3 is 10.6 Å². The number of anilines is 1. The molecule has 0 unspecified atom stereocenters. The maximum atomic E-state index is 12.6. The van der Waals surface area contributed by atoms with Gasteiger partial charge in [0.1, 0.15) is 4.88 Å². The van der Waals surface area contributed by atoms with E-state index < -0.39 is 0 Å². The van der Waals surface area contributed by atoms with Gasteiger partial charge in [-0.25, -0.2) is 0 Å². The summed E-state index contributed by atoms with van der Waals surface area (Å²) >= 11 is 7.69. The summed E-state index contributed by atoms with van der Waals surface area (Å²) in [6, 6.07) is 14.5. The minimum absolute atomic E-state index is 0.0445. The van der Waals surface area contributed by atoms with Gasteiger partial charge >= 0.3 is 0 Å². The third kappa shape index (κ3) is 3.83. The van der Waals surface area contributed by atoms with Gasteiger partial charge in [0.2, 0.25) is 0 Å². The minimum Gasteiger partial charge on any atom is -0.350 e. The Hall–Kier alpha value is -2.37. The highest BCUT2D eigenvalue weighted by Crippen LogP contribution is 2.35. The molecule has 0 radical (unpaired) electrons. The number of carbonyl (C=O) groups is 2. The first-order chi connectivity index (χ1) is 12.0. The van der Waals surface area contributed by atoms with Crippen LogP contribution in [0.4, 0.5) is 5.69 Å². The van der Waals surface area contributed by atoms with Crippen molar-refractivity contribution in [3.63, 3.8) is 0 Å². The van der Waals surface area contributed by atoms with E-state index in [1.54, 1.807) is 24.3 Å². The predicted molar refractivity (Wildman–Crippen MR) is 104 cm³/mol. The topological polar surface area (TPSA) is 58.2 Å². The molecule has 1 heterocycles. The molecule has 6 heteroatoms. The molecule has 0 aliphatic rings. The summed E-state index contributed by atoms with van der Waals surface area (Å²) in [7, 11) is 0. The van der Waals surface area contributed by atoms with Gasteiger partial charge in [-0.1, -0.05) is 35.9 Å². The summed E-state index contributed by atoms with van der Waals surface area (Å²) in [5, 5.41) is 6.96. The molecule has 0 saturated carbocycles. The molecule has 0 fully saturated rings. The van der Waals surface area contributed by atoms with Gasteiger partial charge in [0, 0.05) is 27.4 Å². The fourth-order valence-electron chi connectivity index (χ4n) is 2.43.